The molecule has 0 aliphatic carbocycles. The van der Waals surface area contributed by atoms with Crippen molar-refractivity contribution in [3.63, 3.8) is 0 Å². The predicted octanol–water partition coefficient (Wildman–Crippen LogP) is -53.3. The van der Waals surface area contributed by atoms with E-state index >= 15 is 0 Å². The van der Waals surface area contributed by atoms with E-state index < -0.39 is 15.6 Å². The molecule has 0 aliphatic rings. The van der Waals surface area contributed by atoms with Crippen molar-refractivity contribution in [3.8, 4) is 0 Å². The van der Waals surface area contributed by atoms with Crippen molar-refractivity contribution in [1.82, 2.24) is 0 Å². The summed E-state index contributed by atoms with van der Waals surface area (Å²) in [5.41, 5.74) is 0. The van der Waals surface area contributed by atoms with Gasteiger partial charge in [-0.05, 0) is 0 Å². The van der Waals surface area contributed by atoms with Crippen LogP contribution in [0.15, 0.2) is 0 Å². The molecule has 145 heteroatoms. The van der Waals surface area contributed by atoms with Crippen LogP contribution < -0.4 is 0 Å². The van der Waals surface area contributed by atoms with Crippen molar-refractivity contribution in [2.75, 3.05) is 0 Å². The number of hydrogen-bond donors (Lipinski definition) is 6. The Morgan fingerprint density at radius 1 is 0.0483 bits per heavy atom. The maximum atomic E-state index is 8.88. The first-order valence-corrected chi connectivity index (χ1v) is 4.70. The molecular formula is H6Ca135O8P2+270. The van der Waals surface area contributed by atoms with E-state index in [0.717, 1.165) is 0 Å². The van der Waals surface area contributed by atoms with Crippen molar-refractivity contribution < 1.29 is 38.5 Å². The van der Waals surface area contributed by atoms with Crippen LogP contribution >= 0.6 is 15.6 Å². The van der Waals surface area contributed by atoms with E-state index in [1.165, 1.54) is 0 Å². The summed E-state index contributed by atoms with van der Waals surface area (Å²) in [7, 11) is -9.28. The molecule has 8 nitrogen and oxygen atoms in total. The summed E-state index contributed by atoms with van der Waals surface area (Å²) in [6.07, 6.45) is 0. The molecule has 0 aromatic carbocycles. The largest absolute Gasteiger partial charge is 2.00 e. The van der Waals surface area contributed by atoms with Gasteiger partial charge in [0.05, 0.1) is 0 Å². The number of phosphoric acid groups is 2. The third-order valence-corrected chi connectivity index (χ3v) is 0. The fourth-order valence-electron chi connectivity index (χ4n) is 0. The van der Waals surface area contributed by atoms with Gasteiger partial charge in [-0.15, -0.1) is 0 Å². The van der Waals surface area contributed by atoms with Crippen LogP contribution in [0.1, 0.15) is 0 Å². The fraction of sp³-hybridized carbons (Fsp3) is 0. The van der Waals surface area contributed by atoms with Gasteiger partial charge in [-0.3, -0.25) is 0 Å². The SMILES string of the molecule is O=P(O)(O)O.O=P(O)(O)O.[Ca+2].[Ca+2].[Ca+2].[Ca+2].[Ca+2].[Ca+2].[Ca+2].[Ca+2].[Ca+2].[Ca+2].[Ca+2].[Ca+2].[Ca+2].[Ca+2].[Ca+2].[Ca+2].[Ca+2].[Ca+2].[Ca+2].[Ca+2].[Ca+2].[Ca+2].[Ca+2].[Ca+2].[Ca+2].[Ca+2].[Ca+2].[Ca+2].[Ca+2].[Ca+2].[Ca+2].[Ca+2].[Ca+2].[Ca+2].[Ca+2].[Ca+2].[Ca+2].[Ca+2].[Ca+2].[Ca+2].[Ca+2].[Ca+2].[Ca+2].[Ca+2].[Ca+2].[Ca+2].[Ca+2].[Ca+2].[Ca+2].[Ca+2].[Ca+2].[Ca+2].[Ca+2].[Ca+2].[Ca+2].[Ca+2].[Ca+2].[Ca+2].[Ca+2].[Ca+2].[Ca+2].[Ca+2].[Ca+2].[Ca+2].[Ca+2].[Ca+2].[Ca+2].[Ca+2].[Ca+2].[Ca+2].[Ca+2].[Ca+2].[Ca+2].[Ca+2].[Ca+2].[Ca+2].[Ca+2].[Ca+2].[Ca+2].[Ca+2].[Ca+2].[Ca+2].[Ca+2].[Ca+2].[Ca+2].[Ca+2].[Ca+2].[Ca+2].[Ca+2].[Ca+2].[Ca+2].[Ca+2].[Ca+2].[Ca+2].[Ca+2].[Ca+2].[Ca+2].[Ca+2].[Ca+2].[Ca+2].[Ca+2].[Ca+2].[Ca+2].[Ca+2].[Ca+2].[Ca+2].[Ca+2].[Ca+2].[Ca+2].[Ca+2].[Ca+2].[Ca+2].[Ca+2].[Ca+2].[Ca+2].[Ca+2].[Ca+2].[Ca+2].[Ca+2].[Ca+2].[Ca+2].[Ca+2].[Ca+2].[Ca+2].[Ca+2].[Ca+2].[Ca+2].[Ca+2].[Ca+2].[Ca+2].[Ca+2].[Ca+2].[Ca+2].[Ca+2].[Ca+2]. The van der Waals surface area contributed by atoms with Gasteiger partial charge in [0.2, 0.25) is 0 Å². The average molecular weight is 5610 g/mol. The Kier molecular flexibility index (Phi) is 6270. The second-order valence-corrected chi connectivity index (χ2v) is 3.08. The van der Waals surface area contributed by atoms with Gasteiger partial charge in [-0.2, -0.15) is 0 Å². The Balaban J connectivity index is -0.0000000000339. The second-order valence-electron chi connectivity index (χ2n) is 1.03. The molecule has 0 unspecified atom stereocenters. The van der Waals surface area contributed by atoms with E-state index in [9.17, 15) is 0 Å². The van der Waals surface area contributed by atoms with Crippen LogP contribution in [0, 0.1) is 0 Å². The monoisotopic (exact) mass is 5590 g/mol. The summed E-state index contributed by atoms with van der Waals surface area (Å²) in [4.78, 5) is 43.1. The van der Waals surface area contributed by atoms with Gasteiger partial charge in [-0.25, -0.2) is 9.13 Å². The summed E-state index contributed by atoms with van der Waals surface area (Å²) in [5, 5.41) is 0. The van der Waals surface area contributed by atoms with Gasteiger partial charge < -0.3 is 29.4 Å². The van der Waals surface area contributed by atoms with E-state index in [0.29, 0.717) is 0 Å². The first kappa shape index (κ1) is 980. The maximum Gasteiger partial charge on any atom is 2.00 e. The summed E-state index contributed by atoms with van der Waals surface area (Å²) < 4.78 is 17.8. The molecule has 0 saturated heterocycles. The minimum absolute atomic E-state index is 0. The van der Waals surface area contributed by atoms with E-state index in [2.05, 4.69) is 0 Å². The van der Waals surface area contributed by atoms with E-state index in [1.54, 1.807) is 0 Å². The number of rotatable bonds is 0. The van der Waals surface area contributed by atoms with Crippen LogP contribution in [0.3, 0.4) is 0 Å². The van der Waals surface area contributed by atoms with Crippen molar-refractivity contribution in [2.45, 2.75) is 0 Å². The third kappa shape index (κ3) is 1060. The van der Waals surface area contributed by atoms with Crippen molar-refractivity contribution in [3.05, 3.63) is 0 Å². The van der Waals surface area contributed by atoms with Gasteiger partial charge in [0.1, 0.15) is 0 Å². The van der Waals surface area contributed by atoms with Crippen LogP contribution in [0.5, 0.6) is 0 Å². The molecular weight excluding hydrogens is 5600 g/mol. The molecule has 64 valence electrons. The van der Waals surface area contributed by atoms with Crippen LogP contribution in [0.4, 0.5) is 0 Å². The summed E-state index contributed by atoms with van der Waals surface area (Å²) in [5.74, 6) is 0. The smallest absolute Gasteiger partial charge is 0.303 e. The predicted molar refractivity (Wildman–Crippen MR) is 805 cm³/mol. The molecule has 0 aromatic heterocycles. The molecule has 0 fully saturated rings. The molecule has 0 heterocycles. The fourth-order valence-corrected chi connectivity index (χ4v) is 0. The Hall–Kier alpha value is 170. The second kappa shape index (κ2) is 928. The first-order valence-electron chi connectivity index (χ1n) is 1.57. The molecule has 0 atom stereocenters. The zero-order valence-corrected chi connectivity index (χ0v) is 400. The van der Waals surface area contributed by atoms with E-state index in [1.807, 2.05) is 0 Å². The summed E-state index contributed by atoms with van der Waals surface area (Å²) in [6.45, 7) is 0. The van der Waals surface area contributed by atoms with Gasteiger partial charge >= 0.3 is 5110 Å². The summed E-state index contributed by atoms with van der Waals surface area (Å²) >= 11 is 0. The maximum absolute atomic E-state index is 8.88. The molecule has 0 bridgehead atoms. The first-order chi connectivity index (χ1) is 4.00. The molecule has 145 heavy (non-hydrogen) atoms. The van der Waals surface area contributed by atoms with Crippen molar-refractivity contribution >= 4 is 5110 Å². The quantitative estimate of drug-likeness (QED) is 0.103. The summed E-state index contributed by atoms with van der Waals surface area (Å²) in [6, 6.07) is 0. The van der Waals surface area contributed by atoms with Crippen LogP contribution in [-0.2, 0) is 9.13 Å². The Morgan fingerprint density at radius 2 is 0.0483 bits per heavy atom. The van der Waals surface area contributed by atoms with Crippen LogP contribution in [-0.4, -0.2) is 5120 Å². The third-order valence-electron chi connectivity index (χ3n) is 0. The molecule has 6 N–H and O–H groups in total. The van der Waals surface area contributed by atoms with E-state index in [-0.39, 0.29) is 5090 Å². The van der Waals surface area contributed by atoms with Gasteiger partial charge in [0.15, 0.2) is 0 Å². The van der Waals surface area contributed by atoms with Gasteiger partial charge in [-0.1, -0.05) is 0 Å². The Morgan fingerprint density at radius 3 is 0.0483 bits per heavy atom. The average Bonchev–Trinajstić information content (AvgIpc) is 1.12. The molecule has 0 radical (unpaired) electrons. The standard InChI is InChI=1S/135Ca.2H3O4P/c;;;;;;;;;;;;;;;;;;;;;;;;;;;;;;;;;;;;;;;;;;;;;;;;;;;;;;;;;;;;;;;;;;;;;;;;;;;;;;;;;;;;;;;;;;;;;;;;;;;;;;;;;;;;;;;;;;;;;;;;;;;;;;;;;;;;;;;2*1-5(2,3)4/h;;;;;;;;;;;;;;;;;;;;;;;;;;;;;;;;;;;;;;;;;;;;;;;;;;;;;;;;;;;;;;;;;;;;;;;;;;;;;;;;;;;;;;;;;;;;;;;;;;;;;;;;;;;;;;;;;;;;;;;;;;;;;;;;;;;;;;;2*(H3,1,2,3,4)/q135*+2;;. The molecule has 0 aliphatic heterocycles. The molecule has 0 spiro atoms. The minimum atomic E-state index is -4.64. The zero-order valence-electron chi connectivity index (χ0n) is 99.9. The van der Waals surface area contributed by atoms with E-state index in [4.69, 9.17) is 38.5 Å². The van der Waals surface area contributed by atoms with Gasteiger partial charge in [0.25, 0.3) is 0 Å². The number of hydrogen-bond acceptors (Lipinski definition) is 2. The van der Waals surface area contributed by atoms with Crippen LogP contribution in [0.2, 0.25) is 0 Å². The Bertz CT molecular complexity index is 172. The van der Waals surface area contributed by atoms with Crippen molar-refractivity contribution in [1.29, 1.82) is 0 Å². The molecule has 0 aromatic rings. The molecule has 0 saturated carbocycles. The van der Waals surface area contributed by atoms with Gasteiger partial charge in [0, 0.05) is 0 Å². The Labute approximate surface area is 4930 Å². The zero-order chi connectivity index (χ0) is 9.00. The minimum Gasteiger partial charge on any atom is -0.303 e. The molecule has 0 amide bonds. The molecule has 0 rings (SSSR count). The van der Waals surface area contributed by atoms with Crippen molar-refractivity contribution in [2.24, 2.45) is 0 Å². The normalized spacial score (nSPS) is 0.814. The van der Waals surface area contributed by atoms with Crippen LogP contribution in [0.25, 0.3) is 0 Å². The topological polar surface area (TPSA) is 156 Å².